The second-order valence-electron chi connectivity index (χ2n) is 15.2. The number of rotatable bonds is 10. The second kappa shape index (κ2) is 20.3. The van der Waals surface area contributed by atoms with E-state index in [2.05, 4.69) is 40.9 Å². The van der Waals surface area contributed by atoms with Gasteiger partial charge in [0.05, 0.1) is 31.5 Å². The summed E-state index contributed by atoms with van der Waals surface area (Å²) in [5.74, 6) is 7.79. The maximum absolute atomic E-state index is 11.9. The number of nitrogens with two attached hydrogens (primary N) is 1. The van der Waals surface area contributed by atoms with Crippen LogP contribution in [0.2, 0.25) is 0 Å². The fourth-order valence-electron chi connectivity index (χ4n) is 8.41. The van der Waals surface area contributed by atoms with Crippen LogP contribution in [0.1, 0.15) is 86.1 Å². The lowest BCUT2D eigenvalue weighted by Crippen LogP contribution is -2.41. The number of aromatic hydroxyl groups is 1. The zero-order valence-electron chi connectivity index (χ0n) is 31.6. The largest absolute Gasteiger partial charge is 0.504 e. The molecule has 0 saturated carbocycles. The molecule has 0 amide bonds. The van der Waals surface area contributed by atoms with Crippen molar-refractivity contribution in [1.29, 1.82) is 0 Å². The van der Waals surface area contributed by atoms with Crippen LogP contribution in [0.15, 0.2) is 60.9 Å². The predicted octanol–water partition coefficient (Wildman–Crippen LogP) is 6.34. The van der Waals surface area contributed by atoms with Crippen molar-refractivity contribution in [3.05, 3.63) is 83.3 Å². The molecule has 8 N–H and O–H groups in total. The third kappa shape index (κ3) is 10.6. The number of nitrogen functional groups attached to an aromatic ring is 1. The first-order chi connectivity index (χ1) is 26.8. The van der Waals surface area contributed by atoms with Gasteiger partial charge >= 0.3 is 0 Å². The summed E-state index contributed by atoms with van der Waals surface area (Å²) in [6.45, 7) is 2.07. The summed E-state index contributed by atoms with van der Waals surface area (Å²) in [5.41, 5.74) is 10.3. The van der Waals surface area contributed by atoms with Gasteiger partial charge in [0.2, 0.25) is 0 Å². The molecule has 0 bridgehead atoms. The molecule has 10 nitrogen and oxygen atoms in total. The number of aliphatic hydroxyl groups is 4. The maximum Gasteiger partial charge on any atom is 0.161 e. The minimum Gasteiger partial charge on any atom is -0.504 e. The molecule has 2 aromatic heterocycles. The molecule has 3 heterocycles. The predicted molar refractivity (Wildman–Crippen MR) is 220 cm³/mol. The molecule has 1 aliphatic heterocycles. The van der Waals surface area contributed by atoms with Crippen LogP contribution < -0.4 is 10.5 Å². The molecule has 10 unspecified atom stereocenters. The van der Waals surface area contributed by atoms with Gasteiger partial charge in [-0.15, -0.1) is 0 Å². The first-order valence-corrected chi connectivity index (χ1v) is 22.3. The Bertz CT molecular complexity index is 1750. The Morgan fingerprint density at radius 1 is 1.02 bits per heavy atom. The van der Waals surface area contributed by atoms with E-state index in [4.69, 9.17) is 15.2 Å². The Balaban J connectivity index is 1.32. The van der Waals surface area contributed by atoms with E-state index in [9.17, 15) is 25.5 Å². The minimum absolute atomic E-state index is 0.0632. The van der Waals surface area contributed by atoms with Crippen LogP contribution in [-0.2, 0) is 16.9 Å². The number of aliphatic hydroxyl groups excluding tert-OH is 4. The SMILES string of the molecule is CCC1C#CC2C=CC(c3ccc(O)c(OC4CC(Cc5ccc[nH]5)c5ccnc(N)c5CSSCC(CO)C4O)c3)CC(O)C2C(OCCO)CCCC1. The number of benzene rings is 1. The van der Waals surface area contributed by atoms with Crippen molar-refractivity contribution in [3.63, 3.8) is 0 Å². The Hall–Kier alpha value is -3.15. The number of hydrogen-bond donors (Lipinski definition) is 7. The van der Waals surface area contributed by atoms with Crippen LogP contribution in [0.25, 0.3) is 0 Å². The number of phenolic OH excluding ortho intramolecular Hbond substituents is 1. The fraction of sp³-hybridized carbons (Fsp3) is 0.558. The third-order valence-corrected chi connectivity index (χ3v) is 14.0. The zero-order valence-corrected chi connectivity index (χ0v) is 33.3. The number of H-pyrrole nitrogens is 1. The van der Waals surface area contributed by atoms with Crippen molar-refractivity contribution >= 4 is 27.4 Å². The monoisotopic (exact) mass is 791 g/mol. The van der Waals surface area contributed by atoms with Gasteiger partial charge in [0, 0.05) is 71.4 Å². The summed E-state index contributed by atoms with van der Waals surface area (Å²) >= 11 is 0. The number of pyridine rings is 1. The van der Waals surface area contributed by atoms with E-state index in [0.29, 0.717) is 42.5 Å². The average molecular weight is 792 g/mol. The highest BCUT2D eigenvalue weighted by Crippen LogP contribution is 2.42. The van der Waals surface area contributed by atoms with Gasteiger partial charge in [0.1, 0.15) is 11.9 Å². The summed E-state index contributed by atoms with van der Waals surface area (Å²) < 4.78 is 12.9. The summed E-state index contributed by atoms with van der Waals surface area (Å²) in [6, 6.07) is 11.3. The van der Waals surface area contributed by atoms with Crippen LogP contribution >= 0.6 is 21.6 Å². The molecular weight excluding hydrogens is 735 g/mol. The molecule has 1 aromatic carbocycles. The van der Waals surface area contributed by atoms with E-state index in [1.165, 1.54) is 0 Å². The lowest BCUT2D eigenvalue weighted by Gasteiger charge is -2.34. The summed E-state index contributed by atoms with van der Waals surface area (Å²) in [5, 5.41) is 55.2. The number of phenols is 1. The molecule has 0 radical (unpaired) electrons. The number of ether oxygens (including phenoxy) is 2. The molecule has 0 saturated heterocycles. The van der Waals surface area contributed by atoms with Crippen LogP contribution in [0.4, 0.5) is 5.82 Å². The van der Waals surface area contributed by atoms with E-state index in [-0.39, 0.29) is 61.1 Å². The van der Waals surface area contributed by atoms with Crippen LogP contribution in [-0.4, -0.2) is 85.5 Å². The van der Waals surface area contributed by atoms with Crippen molar-refractivity contribution in [3.8, 4) is 23.3 Å². The van der Waals surface area contributed by atoms with Crippen molar-refractivity contribution < 1.29 is 35.0 Å². The highest BCUT2D eigenvalue weighted by molar-refractivity contribution is 8.76. The number of aromatic nitrogens is 2. The van der Waals surface area contributed by atoms with Gasteiger partial charge in [-0.3, -0.25) is 0 Å². The molecule has 55 heavy (non-hydrogen) atoms. The lowest BCUT2D eigenvalue weighted by atomic mass is 9.79. The molecule has 298 valence electrons. The second-order valence-corrected chi connectivity index (χ2v) is 17.7. The first-order valence-electron chi connectivity index (χ1n) is 19.8. The third-order valence-electron chi connectivity index (χ3n) is 11.6. The number of hydrogen-bond acceptors (Lipinski definition) is 11. The normalized spacial score (nSPS) is 30.4. The summed E-state index contributed by atoms with van der Waals surface area (Å²) in [6.07, 6.45) is 11.3. The molecule has 2 aliphatic carbocycles. The molecule has 0 spiro atoms. The quantitative estimate of drug-likeness (QED) is 0.0694. The maximum atomic E-state index is 11.9. The molecule has 10 atom stereocenters. The molecule has 3 aromatic rings. The summed E-state index contributed by atoms with van der Waals surface area (Å²) in [4.78, 5) is 7.71. The number of anilines is 1. The topological polar surface area (TPSA) is 174 Å². The molecule has 12 heteroatoms. The molecular formula is C43H57N3O7S2. The molecule has 6 rings (SSSR count). The number of nitrogens with one attached hydrogen (secondary N) is 1. The Kier molecular flexibility index (Phi) is 15.3. The van der Waals surface area contributed by atoms with E-state index < -0.39 is 24.2 Å². The van der Waals surface area contributed by atoms with Crippen molar-refractivity contribution in [2.24, 2.45) is 23.7 Å². The van der Waals surface area contributed by atoms with Gasteiger partial charge in [-0.25, -0.2) is 4.98 Å². The standard InChI is InChI=1S/C43H57N3O7S2/c1-2-27-6-3-4-8-38(52-19-18-47)41-28(10-9-27)11-12-29(21-37(41)50)30-13-14-36(49)39(22-30)53-40-23-31(20-33-7-5-16-45-33)34-15-17-46-43(44)35(34)26-55-54-25-32(24-48)42(40)51/h5,7,11-17,22,27-29,31-32,37-38,40-42,45,47-51H,2-4,6,8,18-21,23-26H2,1H3,(H2,44,46). The number of aromatic amines is 1. The molecule has 0 fully saturated rings. The van der Waals surface area contributed by atoms with E-state index in [0.717, 1.165) is 54.5 Å². The number of nitrogens with zero attached hydrogens (tertiary/aromatic N) is 1. The van der Waals surface area contributed by atoms with Crippen LogP contribution in [0, 0.1) is 35.5 Å². The van der Waals surface area contributed by atoms with Gasteiger partial charge in [0.15, 0.2) is 11.5 Å². The number of fused-ring (bicyclic) bond motifs is 2. The summed E-state index contributed by atoms with van der Waals surface area (Å²) in [7, 11) is 3.19. The van der Waals surface area contributed by atoms with E-state index in [1.54, 1.807) is 33.9 Å². The Labute approximate surface area is 333 Å². The van der Waals surface area contributed by atoms with Gasteiger partial charge in [-0.1, -0.05) is 71.4 Å². The molecule has 3 aliphatic rings. The minimum atomic E-state index is -1.04. The highest BCUT2D eigenvalue weighted by atomic mass is 33.1. The highest BCUT2D eigenvalue weighted by Gasteiger charge is 2.38. The fourth-order valence-corrected chi connectivity index (χ4v) is 10.9. The van der Waals surface area contributed by atoms with Crippen LogP contribution in [0.5, 0.6) is 11.5 Å². The Morgan fingerprint density at radius 2 is 1.87 bits per heavy atom. The zero-order chi connectivity index (χ0) is 38.7. The van der Waals surface area contributed by atoms with Crippen molar-refractivity contribution in [2.45, 2.75) is 100 Å². The van der Waals surface area contributed by atoms with Crippen LogP contribution in [0.3, 0.4) is 0 Å². The average Bonchev–Trinajstić information content (AvgIpc) is 3.64. The van der Waals surface area contributed by atoms with Crippen molar-refractivity contribution in [1.82, 2.24) is 9.97 Å². The smallest absolute Gasteiger partial charge is 0.161 e. The van der Waals surface area contributed by atoms with E-state index >= 15 is 0 Å². The van der Waals surface area contributed by atoms with E-state index in [1.807, 2.05) is 36.5 Å². The lowest BCUT2D eigenvalue weighted by molar-refractivity contribution is -0.0602. The number of allylic oxidation sites excluding steroid dienone is 2. The van der Waals surface area contributed by atoms with Crippen molar-refractivity contribution in [2.75, 3.05) is 31.3 Å². The van der Waals surface area contributed by atoms with Gasteiger partial charge < -0.3 is 45.7 Å². The first kappa shape index (κ1) is 41.5. The van der Waals surface area contributed by atoms with Gasteiger partial charge in [-0.05, 0) is 85.9 Å². The Morgan fingerprint density at radius 3 is 2.65 bits per heavy atom. The van der Waals surface area contributed by atoms with Gasteiger partial charge in [0.25, 0.3) is 0 Å². The van der Waals surface area contributed by atoms with Gasteiger partial charge in [-0.2, -0.15) is 0 Å².